The van der Waals surface area contributed by atoms with Gasteiger partial charge in [-0.3, -0.25) is 9.36 Å². The van der Waals surface area contributed by atoms with E-state index in [0.717, 1.165) is 37.0 Å². The van der Waals surface area contributed by atoms with Gasteiger partial charge in [-0.2, -0.15) is 4.98 Å². The van der Waals surface area contributed by atoms with Crippen molar-refractivity contribution in [2.75, 3.05) is 19.0 Å². The highest BCUT2D eigenvalue weighted by atomic mass is 16.8. The maximum absolute atomic E-state index is 13.1. The summed E-state index contributed by atoms with van der Waals surface area (Å²) >= 11 is 0. The third-order valence-corrected chi connectivity index (χ3v) is 7.44. The van der Waals surface area contributed by atoms with Crippen LogP contribution in [0.3, 0.4) is 0 Å². The largest absolute Gasteiger partial charge is 0.497 e. The predicted molar refractivity (Wildman–Crippen MR) is 140 cm³/mol. The maximum atomic E-state index is 13.1. The second kappa shape index (κ2) is 10.9. The van der Waals surface area contributed by atoms with Crippen LogP contribution in [0, 0.1) is 0 Å². The van der Waals surface area contributed by atoms with Gasteiger partial charge in [0.1, 0.15) is 29.9 Å². The van der Waals surface area contributed by atoms with Crippen molar-refractivity contribution in [3.63, 3.8) is 0 Å². The molecule has 204 valence electrons. The number of nitrogens with one attached hydrogen (secondary N) is 1. The van der Waals surface area contributed by atoms with Crippen LogP contribution in [0.2, 0.25) is 0 Å². The fraction of sp³-hybridized carbons (Fsp3) is 0.414. The molecule has 3 aliphatic rings. The lowest BCUT2D eigenvalue weighted by molar-refractivity contribution is -0.218. The first-order chi connectivity index (χ1) is 19.0. The third kappa shape index (κ3) is 5.33. The Hall–Kier alpha value is -3.57. The van der Waals surface area contributed by atoms with Crippen molar-refractivity contribution in [1.82, 2.24) is 9.55 Å². The lowest BCUT2D eigenvalue weighted by Crippen LogP contribution is -2.36. The van der Waals surface area contributed by atoms with Crippen molar-refractivity contribution in [2.24, 2.45) is 0 Å². The molecule has 2 saturated heterocycles. The summed E-state index contributed by atoms with van der Waals surface area (Å²) in [7, 11) is 1.63. The van der Waals surface area contributed by atoms with Crippen LogP contribution in [0.1, 0.15) is 47.8 Å². The number of carbonyl (C=O) groups excluding carboxylic acids is 1. The van der Waals surface area contributed by atoms with Crippen molar-refractivity contribution in [3.8, 4) is 5.75 Å². The highest BCUT2D eigenvalue weighted by Gasteiger charge is 2.59. The normalized spacial score (nSPS) is 25.1. The van der Waals surface area contributed by atoms with Gasteiger partial charge in [0.25, 0.3) is 5.91 Å². The second-order valence-electron chi connectivity index (χ2n) is 10.0. The Bertz CT molecular complexity index is 1360. The molecule has 2 aromatic carbocycles. The molecule has 0 unspecified atom stereocenters. The van der Waals surface area contributed by atoms with Gasteiger partial charge in [0.15, 0.2) is 12.0 Å². The topological polar surface area (TPSA) is 110 Å². The van der Waals surface area contributed by atoms with E-state index in [1.165, 1.54) is 4.57 Å². The van der Waals surface area contributed by atoms with Crippen LogP contribution in [-0.4, -0.2) is 53.3 Å². The molecule has 1 spiro atoms. The number of nitrogens with zero attached hydrogens (tertiary/aromatic N) is 2. The van der Waals surface area contributed by atoms with E-state index in [1.54, 1.807) is 43.6 Å². The van der Waals surface area contributed by atoms with E-state index < -0.39 is 29.9 Å². The van der Waals surface area contributed by atoms with E-state index in [0.29, 0.717) is 12.2 Å². The Kier molecular flexibility index (Phi) is 7.18. The summed E-state index contributed by atoms with van der Waals surface area (Å²) in [5, 5.41) is 2.67. The fourth-order valence-corrected chi connectivity index (χ4v) is 5.48. The molecular weight excluding hydrogens is 502 g/mol. The zero-order valence-corrected chi connectivity index (χ0v) is 21.7. The molecule has 4 atom stereocenters. The Balaban J connectivity index is 1.17. The molecule has 1 aromatic heterocycles. The van der Waals surface area contributed by atoms with Crippen molar-refractivity contribution in [1.29, 1.82) is 0 Å². The predicted octanol–water partition coefficient (Wildman–Crippen LogP) is 3.67. The lowest BCUT2D eigenvalue weighted by atomic mass is 10.1. The average molecular weight is 534 g/mol. The molecule has 39 heavy (non-hydrogen) atoms. The molecule has 0 bridgehead atoms. The highest BCUT2D eigenvalue weighted by molar-refractivity contribution is 6.03. The molecule has 10 heteroatoms. The number of methoxy groups -OCH3 is 1. The van der Waals surface area contributed by atoms with E-state index in [2.05, 4.69) is 10.3 Å². The van der Waals surface area contributed by atoms with Gasteiger partial charge in [-0.1, -0.05) is 30.3 Å². The zero-order chi connectivity index (χ0) is 26.8. The number of hydrogen-bond acceptors (Lipinski definition) is 8. The maximum Gasteiger partial charge on any atom is 0.351 e. The van der Waals surface area contributed by atoms with Crippen molar-refractivity contribution in [3.05, 3.63) is 88.5 Å². The minimum Gasteiger partial charge on any atom is -0.497 e. The summed E-state index contributed by atoms with van der Waals surface area (Å²) < 4.78 is 31.8. The number of anilines is 1. The molecular formula is C29H31N3O7. The Morgan fingerprint density at radius 1 is 1.05 bits per heavy atom. The molecule has 1 amide bonds. The molecule has 10 nitrogen and oxygen atoms in total. The minimum absolute atomic E-state index is 0.162. The van der Waals surface area contributed by atoms with Crippen LogP contribution in [-0.2, 0) is 25.6 Å². The summed E-state index contributed by atoms with van der Waals surface area (Å²) in [5.41, 5.74) is 0.924. The fourth-order valence-electron chi connectivity index (χ4n) is 5.48. The minimum atomic E-state index is -0.733. The van der Waals surface area contributed by atoms with Crippen LogP contribution in [0.15, 0.2) is 71.7 Å². The monoisotopic (exact) mass is 533 g/mol. The van der Waals surface area contributed by atoms with Gasteiger partial charge < -0.3 is 29.0 Å². The molecule has 1 saturated carbocycles. The zero-order valence-electron chi connectivity index (χ0n) is 21.7. The standard InChI is InChI=1S/C29H31N3O7/c1-35-21-11-9-19(10-12-21)17-36-18-22-24-25(39-29(38-24)14-5-6-15-29)27(37-22)32-16-13-23(31-28(32)34)30-26(33)20-7-3-2-4-8-20/h2-4,7-13,16,22,24-25,27H,5-6,14-15,17-18H2,1H3,(H,30,31,33,34)/t22-,24-,25-,27-/m1/s1. The first kappa shape index (κ1) is 25.7. The summed E-state index contributed by atoms with van der Waals surface area (Å²) in [4.78, 5) is 29.7. The van der Waals surface area contributed by atoms with E-state index in [-0.39, 0.29) is 24.4 Å². The van der Waals surface area contributed by atoms with E-state index in [9.17, 15) is 9.59 Å². The Morgan fingerprint density at radius 2 is 1.79 bits per heavy atom. The summed E-state index contributed by atoms with van der Waals surface area (Å²) in [6.07, 6.45) is 3.22. The number of rotatable bonds is 8. The van der Waals surface area contributed by atoms with E-state index >= 15 is 0 Å². The SMILES string of the molecule is COc1ccc(COC[C@H]2O[C@@H](n3ccc(NC(=O)c4ccccc4)nc3=O)[C@@H]3OC4(CCCC4)O[C@@H]32)cc1. The first-order valence-corrected chi connectivity index (χ1v) is 13.2. The molecule has 3 fully saturated rings. The van der Waals surface area contributed by atoms with Crippen LogP contribution in [0.25, 0.3) is 0 Å². The van der Waals surface area contributed by atoms with Gasteiger partial charge in [-0.05, 0) is 48.7 Å². The molecule has 3 heterocycles. The van der Waals surface area contributed by atoms with Gasteiger partial charge in [0.05, 0.1) is 20.3 Å². The highest BCUT2D eigenvalue weighted by Crippen LogP contribution is 2.49. The van der Waals surface area contributed by atoms with Gasteiger partial charge >= 0.3 is 5.69 Å². The molecule has 2 aliphatic heterocycles. The van der Waals surface area contributed by atoms with Gasteiger partial charge in [0.2, 0.25) is 0 Å². The quantitative estimate of drug-likeness (QED) is 0.467. The molecule has 1 N–H and O–H groups in total. The summed E-state index contributed by atoms with van der Waals surface area (Å²) in [6.45, 7) is 0.672. The summed E-state index contributed by atoms with van der Waals surface area (Å²) in [6, 6.07) is 18.0. The number of carbonyl (C=O) groups is 1. The van der Waals surface area contributed by atoms with Crippen LogP contribution >= 0.6 is 0 Å². The number of hydrogen-bond donors (Lipinski definition) is 1. The smallest absolute Gasteiger partial charge is 0.351 e. The Morgan fingerprint density at radius 3 is 2.51 bits per heavy atom. The van der Waals surface area contributed by atoms with Crippen LogP contribution < -0.4 is 15.7 Å². The number of benzene rings is 2. The molecule has 6 rings (SSSR count). The summed E-state index contributed by atoms with van der Waals surface area (Å²) in [5.74, 6) is -0.0459. The number of aromatic nitrogens is 2. The number of amides is 1. The van der Waals surface area contributed by atoms with E-state index in [4.69, 9.17) is 23.7 Å². The van der Waals surface area contributed by atoms with E-state index in [1.807, 2.05) is 30.3 Å². The first-order valence-electron chi connectivity index (χ1n) is 13.2. The van der Waals surface area contributed by atoms with Crippen LogP contribution in [0.4, 0.5) is 5.82 Å². The number of fused-ring (bicyclic) bond motifs is 1. The molecule has 3 aromatic rings. The van der Waals surface area contributed by atoms with Gasteiger partial charge in [-0.15, -0.1) is 0 Å². The average Bonchev–Trinajstić information content (AvgIpc) is 3.66. The lowest BCUT2D eigenvalue weighted by Gasteiger charge is -2.27. The van der Waals surface area contributed by atoms with Gasteiger partial charge in [-0.25, -0.2) is 4.79 Å². The molecule has 0 radical (unpaired) electrons. The molecule has 1 aliphatic carbocycles. The second-order valence-corrected chi connectivity index (χ2v) is 10.0. The van der Waals surface area contributed by atoms with Crippen molar-refractivity contribution >= 4 is 11.7 Å². The third-order valence-electron chi connectivity index (χ3n) is 7.44. The Labute approximate surface area is 225 Å². The van der Waals surface area contributed by atoms with Crippen molar-refractivity contribution < 1.29 is 28.5 Å². The van der Waals surface area contributed by atoms with Crippen molar-refractivity contribution in [2.45, 2.75) is 62.6 Å². The van der Waals surface area contributed by atoms with Gasteiger partial charge in [0, 0.05) is 24.6 Å². The number of ether oxygens (including phenoxy) is 5. The van der Waals surface area contributed by atoms with Crippen LogP contribution in [0.5, 0.6) is 5.75 Å².